The van der Waals surface area contributed by atoms with Gasteiger partial charge >= 0.3 is 18.0 Å². The molecule has 1 aromatic heterocycles. The van der Waals surface area contributed by atoms with Crippen LogP contribution in [-0.2, 0) is 38.3 Å². The number of para-hydroxylation sites is 1. The van der Waals surface area contributed by atoms with Crippen LogP contribution in [0.1, 0.15) is 50.6 Å². The van der Waals surface area contributed by atoms with Gasteiger partial charge in [-0.2, -0.15) is 0 Å². The van der Waals surface area contributed by atoms with Crippen LogP contribution in [-0.4, -0.2) is 45.5 Å². The number of carboxylic acid groups (broad SMARTS) is 1. The zero-order chi connectivity index (χ0) is 24.0. The Bertz CT molecular complexity index is 1000. The molecule has 2 N–H and O–H groups in total. The van der Waals surface area contributed by atoms with Gasteiger partial charge in [0.05, 0.1) is 17.9 Å². The van der Waals surface area contributed by atoms with E-state index in [9.17, 15) is 19.5 Å². The topological polar surface area (TPSA) is 120 Å². The SMILES string of the molecule is CC(=O)OC(OC(=O)NCCC[C@@H](Cc1ncn2c1CCc1ccccc1-2)C(=O)O)C(C)C. The summed E-state index contributed by atoms with van der Waals surface area (Å²) in [5, 5.41) is 12.3. The fraction of sp³-hybridized carbons (Fsp3) is 0.500. The lowest BCUT2D eigenvalue weighted by Gasteiger charge is -2.21. The monoisotopic (exact) mass is 457 g/mol. The predicted molar refractivity (Wildman–Crippen MR) is 120 cm³/mol. The number of hydrogen-bond donors (Lipinski definition) is 2. The lowest BCUT2D eigenvalue weighted by Crippen LogP contribution is -2.34. The van der Waals surface area contributed by atoms with E-state index in [1.807, 2.05) is 18.2 Å². The van der Waals surface area contributed by atoms with Crippen molar-refractivity contribution in [2.45, 2.75) is 59.2 Å². The van der Waals surface area contributed by atoms with Crippen molar-refractivity contribution in [3.05, 3.63) is 47.5 Å². The molecule has 1 aliphatic heterocycles. The van der Waals surface area contributed by atoms with Crippen molar-refractivity contribution in [3.8, 4) is 5.69 Å². The number of imidazole rings is 1. The molecule has 2 aromatic rings. The van der Waals surface area contributed by atoms with Crippen molar-refractivity contribution >= 4 is 18.0 Å². The highest BCUT2D eigenvalue weighted by atomic mass is 16.7. The molecular weight excluding hydrogens is 426 g/mol. The molecule has 1 aliphatic rings. The molecule has 0 fully saturated rings. The van der Waals surface area contributed by atoms with Crippen molar-refractivity contribution in [1.82, 2.24) is 14.9 Å². The number of benzene rings is 1. The van der Waals surface area contributed by atoms with Crippen LogP contribution in [0.4, 0.5) is 4.79 Å². The summed E-state index contributed by atoms with van der Waals surface area (Å²) >= 11 is 0. The molecule has 2 atom stereocenters. The number of carboxylic acids is 1. The van der Waals surface area contributed by atoms with Gasteiger partial charge in [0, 0.05) is 37.2 Å². The molecule has 9 heteroatoms. The Kier molecular flexibility index (Phi) is 8.08. The number of fused-ring (bicyclic) bond motifs is 3. The number of rotatable bonds is 10. The Morgan fingerprint density at radius 1 is 1.18 bits per heavy atom. The third kappa shape index (κ3) is 6.34. The van der Waals surface area contributed by atoms with Crippen molar-refractivity contribution in [3.63, 3.8) is 0 Å². The van der Waals surface area contributed by atoms with E-state index < -0.39 is 30.2 Å². The maximum absolute atomic E-state index is 12.0. The maximum Gasteiger partial charge on any atom is 0.410 e. The molecule has 0 saturated heterocycles. The van der Waals surface area contributed by atoms with E-state index in [1.54, 1.807) is 20.2 Å². The highest BCUT2D eigenvalue weighted by Crippen LogP contribution is 2.28. The first kappa shape index (κ1) is 24.3. The Morgan fingerprint density at radius 2 is 1.94 bits per heavy atom. The summed E-state index contributed by atoms with van der Waals surface area (Å²) in [5.41, 5.74) is 4.23. The minimum absolute atomic E-state index is 0.191. The van der Waals surface area contributed by atoms with Gasteiger partial charge in [0.1, 0.15) is 0 Å². The molecule has 0 aliphatic carbocycles. The average Bonchev–Trinajstić information content (AvgIpc) is 3.18. The van der Waals surface area contributed by atoms with Crippen molar-refractivity contribution < 1.29 is 29.0 Å². The number of nitrogens with zero attached hydrogens (tertiary/aromatic N) is 2. The number of aliphatic carboxylic acids is 1. The molecule has 9 nitrogen and oxygen atoms in total. The quantitative estimate of drug-likeness (QED) is 0.319. The van der Waals surface area contributed by atoms with Crippen LogP contribution in [0.3, 0.4) is 0 Å². The zero-order valence-electron chi connectivity index (χ0n) is 19.2. The molecule has 1 amide bonds. The number of aromatic nitrogens is 2. The fourth-order valence-electron chi connectivity index (χ4n) is 3.96. The highest BCUT2D eigenvalue weighted by Gasteiger charge is 2.25. The summed E-state index contributed by atoms with van der Waals surface area (Å²) in [5.74, 6) is -2.21. The van der Waals surface area contributed by atoms with Crippen molar-refractivity contribution in [2.24, 2.45) is 11.8 Å². The first-order valence-electron chi connectivity index (χ1n) is 11.2. The highest BCUT2D eigenvalue weighted by molar-refractivity contribution is 5.70. The lowest BCUT2D eigenvalue weighted by molar-refractivity contribution is -0.172. The third-order valence-corrected chi connectivity index (χ3v) is 5.67. The van der Waals surface area contributed by atoms with Gasteiger partial charge in [-0.25, -0.2) is 9.78 Å². The molecule has 0 bridgehead atoms. The molecule has 1 unspecified atom stereocenters. The van der Waals surface area contributed by atoms with Gasteiger partial charge in [0.2, 0.25) is 0 Å². The molecule has 1 aromatic carbocycles. The maximum atomic E-state index is 12.0. The molecule has 3 rings (SSSR count). The van der Waals surface area contributed by atoms with Gasteiger partial charge in [-0.1, -0.05) is 32.0 Å². The molecule has 0 saturated carbocycles. The summed E-state index contributed by atoms with van der Waals surface area (Å²) in [7, 11) is 0. The number of amides is 1. The Balaban J connectivity index is 1.52. The van der Waals surface area contributed by atoms with E-state index in [0.29, 0.717) is 19.3 Å². The van der Waals surface area contributed by atoms with Crippen LogP contribution >= 0.6 is 0 Å². The van der Waals surface area contributed by atoms with Crippen LogP contribution in [0.25, 0.3) is 5.69 Å². The van der Waals surface area contributed by atoms with Gasteiger partial charge in [0.25, 0.3) is 6.29 Å². The number of carbonyl (C=O) groups excluding carboxylic acids is 2. The van der Waals surface area contributed by atoms with Crippen LogP contribution in [0.2, 0.25) is 0 Å². The lowest BCUT2D eigenvalue weighted by atomic mass is 9.94. The van der Waals surface area contributed by atoms with E-state index in [4.69, 9.17) is 9.47 Å². The predicted octanol–water partition coefficient (Wildman–Crippen LogP) is 3.27. The summed E-state index contributed by atoms with van der Waals surface area (Å²) in [6.07, 6.45) is 3.02. The number of nitrogens with one attached hydrogen (secondary N) is 1. The van der Waals surface area contributed by atoms with Gasteiger partial charge in [0.15, 0.2) is 0 Å². The normalized spacial score (nSPS) is 14.1. The molecule has 0 radical (unpaired) electrons. The van der Waals surface area contributed by atoms with Crippen LogP contribution in [0.15, 0.2) is 30.6 Å². The Hall–Kier alpha value is -3.36. The van der Waals surface area contributed by atoms with E-state index in [1.165, 1.54) is 12.5 Å². The fourth-order valence-corrected chi connectivity index (χ4v) is 3.96. The van der Waals surface area contributed by atoms with Crippen LogP contribution < -0.4 is 5.32 Å². The van der Waals surface area contributed by atoms with E-state index in [-0.39, 0.29) is 12.5 Å². The second-order valence-electron chi connectivity index (χ2n) is 8.57. The van der Waals surface area contributed by atoms with Gasteiger partial charge in [-0.3, -0.25) is 9.59 Å². The summed E-state index contributed by atoms with van der Waals surface area (Å²) < 4.78 is 12.2. The molecule has 33 heavy (non-hydrogen) atoms. The smallest absolute Gasteiger partial charge is 0.410 e. The van der Waals surface area contributed by atoms with Gasteiger partial charge in [-0.15, -0.1) is 0 Å². The largest absolute Gasteiger partial charge is 0.481 e. The van der Waals surface area contributed by atoms with E-state index in [0.717, 1.165) is 29.9 Å². The van der Waals surface area contributed by atoms with Gasteiger partial charge in [-0.05, 0) is 37.3 Å². The third-order valence-electron chi connectivity index (χ3n) is 5.67. The average molecular weight is 458 g/mol. The second-order valence-corrected chi connectivity index (χ2v) is 8.57. The summed E-state index contributed by atoms with van der Waals surface area (Å²) in [4.78, 5) is 39.5. The van der Waals surface area contributed by atoms with Crippen molar-refractivity contribution in [1.29, 1.82) is 0 Å². The Labute approximate surface area is 193 Å². The van der Waals surface area contributed by atoms with Crippen LogP contribution in [0, 0.1) is 11.8 Å². The summed E-state index contributed by atoms with van der Waals surface area (Å²) in [6.45, 7) is 5.04. The standard InChI is InChI=1S/C24H31N3O6/c1-15(2)23(32-16(3)28)33-24(31)25-12-6-8-18(22(29)30)13-19-21-11-10-17-7-4-5-9-20(17)27(21)14-26-19/h4-5,7,9,14-15,18,23H,6,8,10-13H2,1-3H3,(H,25,31)(H,29,30)/t18-,23?/m0/s1. The number of ether oxygens (including phenoxy) is 2. The molecule has 178 valence electrons. The van der Waals surface area contributed by atoms with E-state index >= 15 is 0 Å². The van der Waals surface area contributed by atoms with Gasteiger partial charge < -0.3 is 24.5 Å². The minimum atomic E-state index is -0.966. The number of hydrogen-bond acceptors (Lipinski definition) is 6. The number of alkyl carbamates (subject to hydrolysis) is 1. The second kappa shape index (κ2) is 11.0. The molecule has 0 spiro atoms. The minimum Gasteiger partial charge on any atom is -0.481 e. The zero-order valence-corrected chi connectivity index (χ0v) is 19.2. The van der Waals surface area contributed by atoms with Crippen LogP contribution in [0.5, 0.6) is 0 Å². The number of esters is 1. The van der Waals surface area contributed by atoms with Crippen molar-refractivity contribution in [2.75, 3.05) is 6.54 Å². The molecular formula is C24H31N3O6. The first-order chi connectivity index (χ1) is 15.8. The number of aryl methyl sites for hydroxylation is 1. The summed E-state index contributed by atoms with van der Waals surface area (Å²) in [6, 6.07) is 8.16. The number of carbonyl (C=O) groups is 3. The first-order valence-corrected chi connectivity index (χ1v) is 11.2. The van der Waals surface area contributed by atoms with E-state index in [2.05, 4.69) is 20.9 Å². The Morgan fingerprint density at radius 3 is 2.64 bits per heavy atom. The molecule has 2 heterocycles.